The lowest BCUT2D eigenvalue weighted by Gasteiger charge is -2.35. The number of halogens is 2. The number of hydrogen-bond acceptors (Lipinski definition) is 5. The third-order valence-corrected chi connectivity index (χ3v) is 4.63. The summed E-state index contributed by atoms with van der Waals surface area (Å²) in [7, 11) is 0. The Hall–Kier alpha value is -1.70. The number of piperazine rings is 1. The van der Waals surface area contributed by atoms with Crippen molar-refractivity contribution in [2.75, 3.05) is 42.9 Å². The van der Waals surface area contributed by atoms with Gasteiger partial charge in [-0.15, -0.1) is 11.3 Å². The van der Waals surface area contributed by atoms with Crippen molar-refractivity contribution in [1.29, 1.82) is 0 Å². The monoisotopic (exact) mass is 369 g/mol. The molecule has 130 valence electrons. The molecular weight excluding hydrogens is 351 g/mol. The lowest BCUT2D eigenvalue weighted by atomic mass is 10.2. The van der Waals surface area contributed by atoms with E-state index in [9.17, 15) is 9.18 Å². The molecule has 1 amide bonds. The van der Waals surface area contributed by atoms with Gasteiger partial charge in [0.2, 0.25) is 5.91 Å². The van der Waals surface area contributed by atoms with Crippen LogP contribution in [0.5, 0.6) is 0 Å². The van der Waals surface area contributed by atoms with Crippen LogP contribution in [0.2, 0.25) is 0 Å². The maximum atomic E-state index is 13.8. The maximum absolute atomic E-state index is 13.8. The zero-order chi connectivity index (χ0) is 16.2. The summed E-state index contributed by atoms with van der Waals surface area (Å²) in [4.78, 5) is 21.3. The van der Waals surface area contributed by atoms with E-state index in [1.165, 1.54) is 17.4 Å². The number of aryl methyl sites for hydroxylation is 1. The molecule has 0 saturated carbocycles. The second-order valence-corrected chi connectivity index (χ2v) is 6.77. The van der Waals surface area contributed by atoms with Crippen molar-refractivity contribution in [1.82, 2.24) is 9.88 Å². The molecule has 1 aliphatic rings. The highest BCUT2D eigenvalue weighted by atomic mass is 35.5. The van der Waals surface area contributed by atoms with E-state index in [4.69, 9.17) is 0 Å². The number of aromatic nitrogens is 1. The highest BCUT2D eigenvalue weighted by Crippen LogP contribution is 2.20. The lowest BCUT2D eigenvalue weighted by Crippen LogP contribution is -3.00. The van der Waals surface area contributed by atoms with E-state index in [0.29, 0.717) is 30.5 Å². The number of nitrogens with one attached hydrogen (secondary N) is 1. The van der Waals surface area contributed by atoms with Crippen LogP contribution in [0.4, 0.5) is 15.2 Å². The number of hydrogen-bond donors (Lipinski definition) is 1. The van der Waals surface area contributed by atoms with Crippen molar-refractivity contribution in [3.63, 3.8) is 0 Å². The van der Waals surface area contributed by atoms with Gasteiger partial charge >= 0.3 is 0 Å². The first kappa shape index (κ1) is 18.6. The molecule has 2 heterocycles. The van der Waals surface area contributed by atoms with Crippen molar-refractivity contribution >= 4 is 28.1 Å². The molecule has 1 saturated heterocycles. The molecule has 0 spiro atoms. The second-order valence-electron chi connectivity index (χ2n) is 5.54. The number of amides is 1. The van der Waals surface area contributed by atoms with Crippen molar-refractivity contribution in [2.24, 2.45) is 0 Å². The molecule has 24 heavy (non-hydrogen) atoms. The van der Waals surface area contributed by atoms with Crippen LogP contribution in [0.15, 0.2) is 30.5 Å². The molecule has 0 radical (unpaired) electrons. The maximum Gasteiger partial charge on any atom is 0.240 e. The average molecular weight is 370 g/mol. The van der Waals surface area contributed by atoms with Crippen LogP contribution in [-0.2, 0) is 4.79 Å². The Morgan fingerprint density at radius 1 is 1.29 bits per heavy atom. The molecule has 1 aliphatic heterocycles. The van der Waals surface area contributed by atoms with E-state index in [1.54, 1.807) is 18.3 Å². The van der Waals surface area contributed by atoms with Gasteiger partial charge in [0.25, 0.3) is 0 Å². The number of carbonyl (C=O) groups excluding carboxylic acids is 1. The Morgan fingerprint density at radius 2 is 2.00 bits per heavy atom. The van der Waals surface area contributed by atoms with Crippen LogP contribution in [-0.4, -0.2) is 48.5 Å². The Kier molecular flexibility index (Phi) is 6.53. The summed E-state index contributed by atoms with van der Waals surface area (Å²) < 4.78 is 13.8. The molecule has 3 rings (SSSR count). The first-order valence-corrected chi connectivity index (χ1v) is 8.37. The van der Waals surface area contributed by atoms with E-state index in [0.717, 1.165) is 18.0 Å². The predicted molar refractivity (Wildman–Crippen MR) is 90.5 cm³/mol. The highest BCUT2D eigenvalue weighted by molar-refractivity contribution is 7.15. The zero-order valence-corrected chi connectivity index (χ0v) is 14.9. The normalized spacial score (nSPS) is 15.0. The first-order chi connectivity index (χ1) is 11.1. The number of para-hydroxylation sites is 1. The third-order valence-electron chi connectivity index (χ3n) is 3.80. The van der Waals surface area contributed by atoms with Gasteiger partial charge in [-0.05, 0) is 19.1 Å². The quantitative estimate of drug-likeness (QED) is 0.778. The van der Waals surface area contributed by atoms with Crippen LogP contribution < -0.4 is 22.6 Å². The molecule has 1 aromatic heterocycles. The number of benzene rings is 1. The smallest absolute Gasteiger partial charge is 0.240 e. The van der Waals surface area contributed by atoms with Gasteiger partial charge in [0, 0.05) is 37.3 Å². The average Bonchev–Trinajstić information content (AvgIpc) is 2.93. The van der Waals surface area contributed by atoms with Gasteiger partial charge < -0.3 is 22.6 Å². The van der Waals surface area contributed by atoms with Gasteiger partial charge in [-0.1, -0.05) is 12.1 Å². The molecule has 0 unspecified atom stereocenters. The van der Waals surface area contributed by atoms with Crippen molar-refractivity contribution in [3.05, 3.63) is 41.2 Å². The molecule has 0 bridgehead atoms. The van der Waals surface area contributed by atoms with Crippen molar-refractivity contribution in [2.45, 2.75) is 6.92 Å². The molecule has 5 nitrogen and oxygen atoms in total. The summed E-state index contributed by atoms with van der Waals surface area (Å²) in [5.41, 5.74) is 0.634. The second kappa shape index (κ2) is 8.41. The Morgan fingerprint density at radius 3 is 2.62 bits per heavy atom. The summed E-state index contributed by atoms with van der Waals surface area (Å²) >= 11 is 1.47. The fourth-order valence-corrected chi connectivity index (χ4v) is 3.31. The Labute approximate surface area is 150 Å². The van der Waals surface area contributed by atoms with Crippen molar-refractivity contribution < 1.29 is 21.6 Å². The zero-order valence-electron chi connectivity index (χ0n) is 13.3. The SMILES string of the molecule is Cc1cnc(NC(=O)CN2CCN(c3ccccc3F)CC2)s1.[Cl-]. The molecule has 0 aliphatic carbocycles. The number of anilines is 2. The van der Waals surface area contributed by atoms with Crippen LogP contribution in [0.25, 0.3) is 0 Å². The van der Waals surface area contributed by atoms with Gasteiger partial charge in [-0.2, -0.15) is 0 Å². The van der Waals surface area contributed by atoms with Crippen LogP contribution in [0, 0.1) is 12.7 Å². The largest absolute Gasteiger partial charge is 1.00 e. The standard InChI is InChI=1S/C16H19FN4OS.ClH/c1-12-10-18-16(23-12)19-15(22)11-20-6-8-21(9-7-20)14-5-3-2-4-13(14)17;/h2-5,10H,6-9,11H2,1H3,(H,18,19,22);1H/p-1. The van der Waals surface area contributed by atoms with E-state index < -0.39 is 0 Å². The summed E-state index contributed by atoms with van der Waals surface area (Å²) in [6.45, 7) is 5.19. The van der Waals surface area contributed by atoms with E-state index in [-0.39, 0.29) is 24.1 Å². The van der Waals surface area contributed by atoms with Gasteiger partial charge in [0.1, 0.15) is 5.82 Å². The topological polar surface area (TPSA) is 48.5 Å². The number of nitrogens with zero attached hydrogens (tertiary/aromatic N) is 3. The predicted octanol–water partition coefficient (Wildman–Crippen LogP) is -0.645. The highest BCUT2D eigenvalue weighted by Gasteiger charge is 2.21. The number of carbonyl (C=O) groups is 1. The van der Waals surface area contributed by atoms with E-state index in [1.807, 2.05) is 17.9 Å². The van der Waals surface area contributed by atoms with E-state index >= 15 is 0 Å². The summed E-state index contributed by atoms with van der Waals surface area (Å²) in [6, 6.07) is 6.81. The number of rotatable bonds is 4. The molecule has 0 atom stereocenters. The molecule has 1 N–H and O–H groups in total. The Bertz CT molecular complexity index is 688. The van der Waals surface area contributed by atoms with Gasteiger partial charge in [-0.25, -0.2) is 9.37 Å². The van der Waals surface area contributed by atoms with Gasteiger partial charge in [0.15, 0.2) is 5.13 Å². The van der Waals surface area contributed by atoms with Gasteiger partial charge in [0.05, 0.1) is 12.2 Å². The molecule has 1 fully saturated rings. The van der Waals surface area contributed by atoms with Crippen LogP contribution in [0.3, 0.4) is 0 Å². The minimum absolute atomic E-state index is 0. The molecule has 1 aromatic carbocycles. The van der Waals surface area contributed by atoms with E-state index in [2.05, 4.69) is 15.2 Å². The fraction of sp³-hybridized carbons (Fsp3) is 0.375. The van der Waals surface area contributed by atoms with Crippen LogP contribution in [0.1, 0.15) is 4.88 Å². The molecule has 2 aromatic rings. The number of thiazole rings is 1. The van der Waals surface area contributed by atoms with Crippen molar-refractivity contribution in [3.8, 4) is 0 Å². The minimum Gasteiger partial charge on any atom is -1.00 e. The van der Waals surface area contributed by atoms with Crippen LogP contribution >= 0.6 is 11.3 Å². The lowest BCUT2D eigenvalue weighted by molar-refractivity contribution is -0.117. The fourth-order valence-electron chi connectivity index (χ4n) is 2.63. The molecule has 8 heteroatoms. The summed E-state index contributed by atoms with van der Waals surface area (Å²) in [6.07, 6.45) is 1.74. The third kappa shape index (κ3) is 4.66. The van der Waals surface area contributed by atoms with Gasteiger partial charge in [-0.3, -0.25) is 9.69 Å². The Balaban J connectivity index is 0.00000208. The summed E-state index contributed by atoms with van der Waals surface area (Å²) in [5, 5.41) is 3.45. The molecular formula is C16H19ClFN4OS-. The summed E-state index contributed by atoms with van der Waals surface area (Å²) in [5.74, 6) is -0.253. The first-order valence-electron chi connectivity index (χ1n) is 7.56. The minimum atomic E-state index is -0.196.